The number of nitrogens with one attached hydrogen (secondary N) is 1. The fourth-order valence-corrected chi connectivity index (χ4v) is 2.20. The summed E-state index contributed by atoms with van der Waals surface area (Å²) in [6.07, 6.45) is 1.37. The van der Waals surface area contributed by atoms with Gasteiger partial charge in [0.2, 0.25) is 11.8 Å². The molecule has 2 atom stereocenters. The zero-order chi connectivity index (χ0) is 14.9. The summed E-state index contributed by atoms with van der Waals surface area (Å²) in [5.41, 5.74) is 1.02. The number of hydrogen-bond donors (Lipinski definition) is 1. The van der Waals surface area contributed by atoms with Gasteiger partial charge in [-0.25, -0.2) is 9.97 Å². The summed E-state index contributed by atoms with van der Waals surface area (Å²) in [5.74, 6) is 0.758. The molecule has 0 saturated carbocycles. The maximum atomic E-state index is 11.9. The molecule has 0 bridgehead atoms. The minimum Gasteiger partial charge on any atom is -0.479 e. The highest BCUT2D eigenvalue weighted by Gasteiger charge is 2.25. The van der Waals surface area contributed by atoms with E-state index in [1.807, 2.05) is 0 Å². The predicted molar refractivity (Wildman–Crippen MR) is 74.9 cm³/mol. The number of methoxy groups -OCH3 is 1. The van der Waals surface area contributed by atoms with Crippen molar-refractivity contribution in [3.63, 3.8) is 0 Å². The fraction of sp³-hybridized carbons (Fsp3) is 0.500. The maximum absolute atomic E-state index is 11.9. The summed E-state index contributed by atoms with van der Waals surface area (Å²) >= 11 is 6.16. The van der Waals surface area contributed by atoms with Crippen molar-refractivity contribution in [2.24, 2.45) is 0 Å². The summed E-state index contributed by atoms with van der Waals surface area (Å²) in [4.78, 5) is 24.5. The third-order valence-electron chi connectivity index (χ3n) is 3.03. The molecule has 0 radical (unpaired) electrons. The number of rotatable bonds is 4. The van der Waals surface area contributed by atoms with Crippen LogP contribution in [0.2, 0.25) is 0 Å². The highest BCUT2D eigenvalue weighted by molar-refractivity contribution is 6.20. The van der Waals surface area contributed by atoms with Crippen molar-refractivity contribution >= 4 is 28.7 Å². The SMILES string of the molecule is CNC(=O)C(C)n1c(C(C)Cl)nc2c(OC)ncnc21. The molecule has 108 valence electrons. The average molecular weight is 298 g/mol. The number of fused-ring (bicyclic) bond motifs is 1. The topological polar surface area (TPSA) is 81.9 Å². The molecule has 0 fully saturated rings. The van der Waals surface area contributed by atoms with Crippen LogP contribution in [0.25, 0.3) is 11.2 Å². The van der Waals surface area contributed by atoms with E-state index >= 15 is 0 Å². The van der Waals surface area contributed by atoms with E-state index in [4.69, 9.17) is 16.3 Å². The minimum atomic E-state index is -0.485. The Morgan fingerprint density at radius 2 is 2.15 bits per heavy atom. The predicted octanol–water partition coefficient (Wildman–Crippen LogP) is 1.44. The quantitative estimate of drug-likeness (QED) is 0.864. The number of carbonyl (C=O) groups excluding carboxylic acids is 1. The number of carbonyl (C=O) groups is 1. The molecule has 1 N–H and O–H groups in total. The van der Waals surface area contributed by atoms with Crippen molar-refractivity contribution < 1.29 is 9.53 Å². The number of alkyl halides is 1. The molecule has 0 aliphatic carbocycles. The Morgan fingerprint density at radius 3 is 2.70 bits per heavy atom. The monoisotopic (exact) mass is 297 g/mol. The lowest BCUT2D eigenvalue weighted by Gasteiger charge is -2.16. The van der Waals surface area contributed by atoms with Gasteiger partial charge in [-0.2, -0.15) is 4.98 Å². The standard InChI is InChI=1S/C12H16ClN5O2/c1-6(13)9-17-8-10(15-5-16-12(8)20-4)18(9)7(2)11(19)14-3/h5-7H,1-4H3,(H,14,19). The van der Waals surface area contributed by atoms with Gasteiger partial charge in [-0.1, -0.05) is 0 Å². The molecule has 2 heterocycles. The molecule has 7 nitrogen and oxygen atoms in total. The molecular weight excluding hydrogens is 282 g/mol. The zero-order valence-electron chi connectivity index (χ0n) is 11.7. The normalized spacial score (nSPS) is 14.1. The van der Waals surface area contributed by atoms with Gasteiger partial charge in [0.1, 0.15) is 18.2 Å². The summed E-state index contributed by atoms with van der Waals surface area (Å²) < 4.78 is 6.88. The number of hydrogen-bond acceptors (Lipinski definition) is 5. The first-order valence-electron chi connectivity index (χ1n) is 6.13. The first-order chi connectivity index (χ1) is 9.51. The number of ether oxygens (including phenoxy) is 1. The average Bonchev–Trinajstić information content (AvgIpc) is 2.84. The molecule has 0 aliphatic heterocycles. The second-order valence-electron chi connectivity index (χ2n) is 4.30. The highest BCUT2D eigenvalue weighted by Crippen LogP contribution is 2.30. The van der Waals surface area contributed by atoms with Gasteiger partial charge in [0.25, 0.3) is 0 Å². The summed E-state index contributed by atoms with van der Waals surface area (Å²) in [7, 11) is 3.09. The maximum Gasteiger partial charge on any atom is 0.245 e. The molecular formula is C12H16ClN5O2. The van der Waals surface area contributed by atoms with E-state index in [0.717, 1.165) is 0 Å². The third kappa shape index (κ3) is 2.29. The summed E-state index contributed by atoms with van der Waals surface area (Å²) in [6, 6.07) is -0.485. The lowest BCUT2D eigenvalue weighted by molar-refractivity contribution is -0.123. The second kappa shape index (κ2) is 5.62. The molecule has 0 aliphatic rings. The van der Waals surface area contributed by atoms with Gasteiger partial charge in [0.15, 0.2) is 11.2 Å². The van der Waals surface area contributed by atoms with Crippen LogP contribution >= 0.6 is 11.6 Å². The zero-order valence-corrected chi connectivity index (χ0v) is 12.5. The van der Waals surface area contributed by atoms with Crippen LogP contribution in [0, 0.1) is 0 Å². The number of aromatic nitrogens is 4. The first kappa shape index (κ1) is 14.5. The van der Waals surface area contributed by atoms with Crippen molar-refractivity contribution in [3.05, 3.63) is 12.2 Å². The van der Waals surface area contributed by atoms with Crippen molar-refractivity contribution in [2.75, 3.05) is 14.2 Å². The molecule has 2 unspecified atom stereocenters. The minimum absolute atomic E-state index is 0.152. The van der Waals surface area contributed by atoms with Crippen LogP contribution in [0.4, 0.5) is 0 Å². The molecule has 0 spiro atoms. The molecule has 2 rings (SSSR count). The van der Waals surface area contributed by atoms with Crippen LogP contribution in [0.15, 0.2) is 6.33 Å². The molecule has 2 aromatic heterocycles. The van der Waals surface area contributed by atoms with Gasteiger partial charge in [0.05, 0.1) is 12.5 Å². The third-order valence-corrected chi connectivity index (χ3v) is 3.23. The van der Waals surface area contributed by atoms with Crippen LogP contribution in [-0.4, -0.2) is 39.6 Å². The van der Waals surface area contributed by atoms with E-state index in [2.05, 4.69) is 20.3 Å². The fourth-order valence-electron chi connectivity index (χ4n) is 2.04. The molecule has 2 aromatic rings. The van der Waals surface area contributed by atoms with Crippen molar-refractivity contribution in [3.8, 4) is 5.88 Å². The largest absolute Gasteiger partial charge is 0.479 e. The van der Waals surface area contributed by atoms with Gasteiger partial charge in [0, 0.05) is 7.05 Å². The van der Waals surface area contributed by atoms with Crippen LogP contribution in [0.5, 0.6) is 5.88 Å². The van der Waals surface area contributed by atoms with E-state index in [9.17, 15) is 4.79 Å². The second-order valence-corrected chi connectivity index (χ2v) is 4.96. The van der Waals surface area contributed by atoms with E-state index < -0.39 is 6.04 Å². The molecule has 0 aromatic carbocycles. The number of amides is 1. The Morgan fingerprint density at radius 1 is 1.45 bits per heavy atom. The number of nitrogens with zero attached hydrogens (tertiary/aromatic N) is 4. The molecule has 20 heavy (non-hydrogen) atoms. The highest BCUT2D eigenvalue weighted by atomic mass is 35.5. The van der Waals surface area contributed by atoms with Crippen molar-refractivity contribution in [1.82, 2.24) is 24.8 Å². The van der Waals surface area contributed by atoms with E-state index in [0.29, 0.717) is 22.9 Å². The molecule has 1 amide bonds. The van der Waals surface area contributed by atoms with Crippen LogP contribution in [0.1, 0.15) is 31.1 Å². The number of likely N-dealkylation sites (N-methyl/N-ethyl adjacent to an activating group) is 1. The molecule has 0 saturated heterocycles. The lowest BCUT2D eigenvalue weighted by atomic mass is 10.3. The van der Waals surface area contributed by atoms with Crippen LogP contribution in [0.3, 0.4) is 0 Å². The Kier molecular flexibility index (Phi) is 4.08. The van der Waals surface area contributed by atoms with Gasteiger partial charge in [-0.15, -0.1) is 11.6 Å². The number of halogens is 1. The Bertz CT molecular complexity index is 640. The van der Waals surface area contributed by atoms with Crippen LogP contribution < -0.4 is 10.1 Å². The van der Waals surface area contributed by atoms with E-state index in [-0.39, 0.29) is 11.3 Å². The van der Waals surface area contributed by atoms with E-state index in [1.165, 1.54) is 13.4 Å². The Hall–Kier alpha value is -1.89. The van der Waals surface area contributed by atoms with E-state index in [1.54, 1.807) is 25.5 Å². The van der Waals surface area contributed by atoms with Gasteiger partial charge in [-0.3, -0.25) is 9.36 Å². The van der Waals surface area contributed by atoms with Gasteiger partial charge >= 0.3 is 0 Å². The summed E-state index contributed by atoms with van der Waals surface area (Å²) in [5, 5.41) is 2.23. The lowest BCUT2D eigenvalue weighted by Crippen LogP contribution is -2.29. The Balaban J connectivity index is 2.73. The number of imidazole rings is 1. The van der Waals surface area contributed by atoms with Crippen molar-refractivity contribution in [2.45, 2.75) is 25.3 Å². The summed E-state index contributed by atoms with van der Waals surface area (Å²) in [6.45, 7) is 3.55. The van der Waals surface area contributed by atoms with Gasteiger partial charge < -0.3 is 10.1 Å². The first-order valence-corrected chi connectivity index (χ1v) is 6.57. The smallest absolute Gasteiger partial charge is 0.245 e. The van der Waals surface area contributed by atoms with Crippen molar-refractivity contribution in [1.29, 1.82) is 0 Å². The molecule has 8 heteroatoms. The van der Waals surface area contributed by atoms with Crippen LogP contribution in [-0.2, 0) is 4.79 Å². The Labute approximate surface area is 121 Å². The van der Waals surface area contributed by atoms with Gasteiger partial charge in [-0.05, 0) is 13.8 Å².